The molecule has 1 saturated heterocycles. The van der Waals surface area contributed by atoms with Gasteiger partial charge in [-0.1, -0.05) is 29.4 Å². The molecule has 0 saturated carbocycles. The minimum absolute atomic E-state index is 0.143. The summed E-state index contributed by atoms with van der Waals surface area (Å²) < 4.78 is 5.17. The lowest BCUT2D eigenvalue weighted by atomic mass is 9.87. The quantitative estimate of drug-likeness (QED) is 0.860. The van der Waals surface area contributed by atoms with Crippen LogP contribution in [-0.4, -0.2) is 53.1 Å². The molecule has 0 unspecified atom stereocenters. The molecule has 4 rings (SSSR count). The average molecular weight is 339 g/mol. The van der Waals surface area contributed by atoms with E-state index < -0.39 is 0 Å². The van der Waals surface area contributed by atoms with Crippen molar-refractivity contribution in [2.75, 3.05) is 26.2 Å². The molecule has 1 aliphatic heterocycles. The highest BCUT2D eigenvalue weighted by atomic mass is 16.5. The smallest absolute Gasteiger partial charge is 0.230 e. The van der Waals surface area contributed by atoms with Gasteiger partial charge in [0, 0.05) is 38.3 Å². The molecule has 1 atom stereocenters. The van der Waals surface area contributed by atoms with Crippen LogP contribution in [0.1, 0.15) is 29.0 Å². The maximum Gasteiger partial charge on any atom is 0.230 e. The van der Waals surface area contributed by atoms with E-state index in [2.05, 4.69) is 34.3 Å². The molecular formula is C20H25N3O2. The molecule has 0 N–H and O–H groups in total. The third-order valence-electron chi connectivity index (χ3n) is 5.51. The first-order chi connectivity index (χ1) is 12.2. The van der Waals surface area contributed by atoms with Crippen LogP contribution in [0.3, 0.4) is 0 Å². The Balaban J connectivity index is 1.30. The van der Waals surface area contributed by atoms with Crippen molar-refractivity contribution in [2.24, 2.45) is 0 Å². The number of piperazine rings is 1. The number of benzene rings is 1. The number of nitrogens with zero attached hydrogens (tertiary/aromatic N) is 3. The van der Waals surface area contributed by atoms with Crippen molar-refractivity contribution in [2.45, 2.75) is 38.6 Å². The van der Waals surface area contributed by atoms with Crippen molar-refractivity contribution in [3.05, 3.63) is 52.9 Å². The van der Waals surface area contributed by atoms with Crippen molar-refractivity contribution in [1.29, 1.82) is 0 Å². The molecule has 2 aromatic rings. The number of aromatic nitrogens is 1. The van der Waals surface area contributed by atoms with Gasteiger partial charge in [0.15, 0.2) is 0 Å². The van der Waals surface area contributed by atoms with Crippen molar-refractivity contribution in [3.63, 3.8) is 0 Å². The largest absolute Gasteiger partial charge is 0.361 e. The predicted molar refractivity (Wildman–Crippen MR) is 95.4 cm³/mol. The Morgan fingerprint density at radius 3 is 2.68 bits per heavy atom. The van der Waals surface area contributed by atoms with Crippen LogP contribution in [0.4, 0.5) is 0 Å². The number of hydrogen-bond acceptors (Lipinski definition) is 4. The van der Waals surface area contributed by atoms with Gasteiger partial charge in [0.2, 0.25) is 5.91 Å². The van der Waals surface area contributed by atoms with Crippen LogP contribution in [0.25, 0.3) is 0 Å². The third kappa shape index (κ3) is 3.61. The standard InChI is InChI=1S/C20H25N3O2/c1-15-12-19(25-21-15)14-20(24)23-10-8-22(9-11-23)18-7-6-16-4-2-3-5-17(16)13-18/h2-5,12,18H,6-11,13-14H2,1H3/t18-/m1/s1. The van der Waals surface area contributed by atoms with E-state index in [0.717, 1.165) is 38.3 Å². The van der Waals surface area contributed by atoms with Gasteiger partial charge < -0.3 is 9.42 Å². The number of amides is 1. The maximum absolute atomic E-state index is 12.4. The molecule has 0 bridgehead atoms. The average Bonchev–Trinajstić information content (AvgIpc) is 3.06. The van der Waals surface area contributed by atoms with Gasteiger partial charge in [-0.2, -0.15) is 0 Å². The zero-order valence-corrected chi connectivity index (χ0v) is 14.8. The summed E-state index contributed by atoms with van der Waals surface area (Å²) in [6.07, 6.45) is 3.85. The van der Waals surface area contributed by atoms with E-state index in [1.54, 1.807) is 0 Å². The maximum atomic E-state index is 12.4. The lowest BCUT2D eigenvalue weighted by molar-refractivity contribution is -0.132. The van der Waals surface area contributed by atoms with Gasteiger partial charge in [-0.05, 0) is 37.3 Å². The predicted octanol–water partition coefficient (Wildman–Crippen LogP) is 2.23. The molecule has 5 heteroatoms. The van der Waals surface area contributed by atoms with E-state index in [0.29, 0.717) is 18.2 Å². The SMILES string of the molecule is Cc1cc(CC(=O)N2CCN([C@@H]3CCc4ccccc4C3)CC2)on1. The van der Waals surface area contributed by atoms with Crippen LogP contribution in [0, 0.1) is 6.92 Å². The minimum atomic E-state index is 0.143. The Bertz CT molecular complexity index is 747. The summed E-state index contributed by atoms with van der Waals surface area (Å²) >= 11 is 0. The van der Waals surface area contributed by atoms with Crippen LogP contribution in [0.15, 0.2) is 34.9 Å². The molecule has 1 aromatic carbocycles. The van der Waals surface area contributed by atoms with Gasteiger partial charge in [0.1, 0.15) is 5.76 Å². The van der Waals surface area contributed by atoms with Crippen molar-refractivity contribution in [1.82, 2.24) is 15.0 Å². The normalized spacial score (nSPS) is 21.2. The molecular weight excluding hydrogens is 314 g/mol. The fraction of sp³-hybridized carbons (Fsp3) is 0.500. The van der Waals surface area contributed by atoms with E-state index in [1.807, 2.05) is 17.9 Å². The van der Waals surface area contributed by atoms with Gasteiger partial charge in [-0.15, -0.1) is 0 Å². The lowest BCUT2D eigenvalue weighted by Crippen LogP contribution is -2.53. The van der Waals surface area contributed by atoms with E-state index in [1.165, 1.54) is 24.0 Å². The molecule has 2 aliphatic rings. The van der Waals surface area contributed by atoms with Crippen LogP contribution in [-0.2, 0) is 24.1 Å². The second-order valence-electron chi connectivity index (χ2n) is 7.19. The molecule has 0 radical (unpaired) electrons. The fourth-order valence-electron chi connectivity index (χ4n) is 4.09. The zero-order valence-electron chi connectivity index (χ0n) is 14.8. The molecule has 1 aliphatic carbocycles. The van der Waals surface area contributed by atoms with Crippen molar-refractivity contribution >= 4 is 5.91 Å². The van der Waals surface area contributed by atoms with Crippen LogP contribution >= 0.6 is 0 Å². The molecule has 1 amide bonds. The molecule has 5 nitrogen and oxygen atoms in total. The summed E-state index contributed by atoms with van der Waals surface area (Å²) in [7, 11) is 0. The van der Waals surface area contributed by atoms with Crippen LogP contribution in [0.5, 0.6) is 0 Å². The first kappa shape index (κ1) is 16.3. The molecule has 0 spiro atoms. The number of rotatable bonds is 3. The first-order valence-electron chi connectivity index (χ1n) is 9.20. The molecule has 25 heavy (non-hydrogen) atoms. The minimum Gasteiger partial charge on any atom is -0.361 e. The van der Waals surface area contributed by atoms with Crippen LogP contribution < -0.4 is 0 Å². The van der Waals surface area contributed by atoms with Gasteiger partial charge in [0.25, 0.3) is 0 Å². The molecule has 1 aromatic heterocycles. The van der Waals surface area contributed by atoms with Crippen LogP contribution in [0.2, 0.25) is 0 Å². The van der Waals surface area contributed by atoms with Gasteiger partial charge in [-0.25, -0.2) is 0 Å². The lowest BCUT2D eigenvalue weighted by Gasteiger charge is -2.41. The fourth-order valence-corrected chi connectivity index (χ4v) is 4.09. The topological polar surface area (TPSA) is 49.6 Å². The highest BCUT2D eigenvalue weighted by Crippen LogP contribution is 2.25. The molecule has 132 valence electrons. The monoisotopic (exact) mass is 339 g/mol. The summed E-state index contributed by atoms with van der Waals surface area (Å²) in [5, 5.41) is 3.85. The summed E-state index contributed by atoms with van der Waals surface area (Å²) in [4.78, 5) is 17.0. The summed E-state index contributed by atoms with van der Waals surface area (Å²) in [5.41, 5.74) is 3.83. The Labute approximate surface area is 148 Å². The number of hydrogen-bond donors (Lipinski definition) is 0. The van der Waals surface area contributed by atoms with E-state index in [4.69, 9.17) is 4.52 Å². The van der Waals surface area contributed by atoms with Gasteiger partial charge in [0.05, 0.1) is 12.1 Å². The van der Waals surface area contributed by atoms with Crippen molar-refractivity contribution < 1.29 is 9.32 Å². The number of aryl methyl sites for hydroxylation is 2. The van der Waals surface area contributed by atoms with Crippen molar-refractivity contribution in [3.8, 4) is 0 Å². The second-order valence-corrected chi connectivity index (χ2v) is 7.19. The van der Waals surface area contributed by atoms with E-state index in [9.17, 15) is 4.79 Å². The summed E-state index contributed by atoms with van der Waals surface area (Å²) in [6, 6.07) is 11.3. The van der Waals surface area contributed by atoms with E-state index >= 15 is 0 Å². The molecule has 2 heterocycles. The van der Waals surface area contributed by atoms with Gasteiger partial charge >= 0.3 is 0 Å². The Morgan fingerprint density at radius 1 is 1.20 bits per heavy atom. The zero-order chi connectivity index (χ0) is 17.2. The Hall–Kier alpha value is -2.14. The molecule has 1 fully saturated rings. The number of carbonyl (C=O) groups excluding carboxylic acids is 1. The highest BCUT2D eigenvalue weighted by molar-refractivity contribution is 5.78. The summed E-state index contributed by atoms with van der Waals surface area (Å²) in [6.45, 7) is 5.43. The first-order valence-corrected chi connectivity index (χ1v) is 9.20. The Kier molecular flexibility index (Phi) is 4.57. The number of carbonyl (C=O) groups is 1. The van der Waals surface area contributed by atoms with Gasteiger partial charge in [-0.3, -0.25) is 9.69 Å². The summed E-state index contributed by atoms with van der Waals surface area (Å²) in [5.74, 6) is 0.804. The third-order valence-corrected chi connectivity index (χ3v) is 5.51. The van der Waals surface area contributed by atoms with E-state index in [-0.39, 0.29) is 5.91 Å². The highest BCUT2D eigenvalue weighted by Gasteiger charge is 2.28. The Morgan fingerprint density at radius 2 is 1.96 bits per heavy atom. The second kappa shape index (κ2) is 7.00. The number of fused-ring (bicyclic) bond motifs is 1.